The molecule has 0 bridgehead atoms. The van der Waals surface area contributed by atoms with Crippen molar-refractivity contribution in [2.24, 2.45) is 7.05 Å². The van der Waals surface area contributed by atoms with Crippen molar-refractivity contribution < 1.29 is 17.6 Å². The van der Waals surface area contributed by atoms with E-state index in [-0.39, 0.29) is 12.1 Å². The van der Waals surface area contributed by atoms with Gasteiger partial charge in [-0.05, 0) is 17.7 Å². The highest BCUT2D eigenvalue weighted by molar-refractivity contribution is 5.37. The van der Waals surface area contributed by atoms with Gasteiger partial charge in [0.05, 0.1) is 5.56 Å². The number of aryl methyl sites for hydroxylation is 1. The minimum Gasteiger partial charge on any atom is -0.365 e. The molecule has 102 valence electrons. The van der Waals surface area contributed by atoms with Crippen LogP contribution in [0.2, 0.25) is 0 Å². The molecule has 0 saturated heterocycles. The number of anilines is 1. The molecule has 1 heterocycles. The molecular weight excluding hydrogens is 262 g/mol. The maximum absolute atomic E-state index is 12.9. The van der Waals surface area contributed by atoms with Gasteiger partial charge < -0.3 is 5.32 Å². The van der Waals surface area contributed by atoms with E-state index in [2.05, 4.69) is 10.4 Å². The van der Waals surface area contributed by atoms with Crippen molar-refractivity contribution in [3.63, 3.8) is 0 Å². The van der Waals surface area contributed by atoms with Crippen LogP contribution < -0.4 is 5.32 Å². The van der Waals surface area contributed by atoms with E-state index in [4.69, 9.17) is 0 Å². The fourth-order valence-corrected chi connectivity index (χ4v) is 1.66. The molecule has 1 N–H and O–H groups in total. The molecule has 0 spiro atoms. The Morgan fingerprint density at radius 3 is 2.58 bits per heavy atom. The third-order valence-electron chi connectivity index (χ3n) is 2.55. The van der Waals surface area contributed by atoms with Crippen LogP contribution in [-0.2, 0) is 19.8 Å². The predicted octanol–water partition coefficient (Wildman–Crippen LogP) is 3.19. The van der Waals surface area contributed by atoms with Crippen molar-refractivity contribution in [1.29, 1.82) is 0 Å². The third-order valence-corrected chi connectivity index (χ3v) is 2.55. The number of aromatic nitrogens is 2. The summed E-state index contributed by atoms with van der Waals surface area (Å²) in [5, 5.41) is 6.74. The van der Waals surface area contributed by atoms with E-state index in [0.717, 1.165) is 12.1 Å². The molecule has 0 saturated carbocycles. The topological polar surface area (TPSA) is 29.9 Å². The SMILES string of the molecule is Cn1ccc(NCc2ccc(F)cc2C(F)(F)F)n1. The molecule has 0 amide bonds. The van der Waals surface area contributed by atoms with Crippen LogP contribution in [0.15, 0.2) is 30.5 Å². The van der Waals surface area contributed by atoms with Crippen molar-refractivity contribution in [1.82, 2.24) is 9.78 Å². The van der Waals surface area contributed by atoms with Gasteiger partial charge in [-0.15, -0.1) is 0 Å². The molecule has 0 atom stereocenters. The quantitative estimate of drug-likeness (QED) is 0.870. The first-order valence-corrected chi connectivity index (χ1v) is 5.45. The Morgan fingerprint density at radius 1 is 1.26 bits per heavy atom. The summed E-state index contributed by atoms with van der Waals surface area (Å²) < 4.78 is 52.7. The van der Waals surface area contributed by atoms with E-state index in [1.54, 1.807) is 19.3 Å². The Morgan fingerprint density at radius 2 is 2.00 bits per heavy atom. The van der Waals surface area contributed by atoms with Gasteiger partial charge in [0.15, 0.2) is 0 Å². The van der Waals surface area contributed by atoms with Crippen LogP contribution in [0.3, 0.4) is 0 Å². The Kier molecular flexibility index (Phi) is 3.46. The number of benzene rings is 1. The van der Waals surface area contributed by atoms with Crippen LogP contribution in [0.1, 0.15) is 11.1 Å². The maximum atomic E-state index is 12.9. The van der Waals surface area contributed by atoms with Gasteiger partial charge in [0.2, 0.25) is 0 Å². The second-order valence-electron chi connectivity index (χ2n) is 4.03. The molecule has 0 aliphatic rings. The number of hydrogen-bond acceptors (Lipinski definition) is 2. The lowest BCUT2D eigenvalue weighted by Crippen LogP contribution is -2.12. The van der Waals surface area contributed by atoms with Crippen LogP contribution >= 0.6 is 0 Å². The van der Waals surface area contributed by atoms with Crippen molar-refractivity contribution in [2.75, 3.05) is 5.32 Å². The standard InChI is InChI=1S/C12H11F4N3/c1-19-5-4-11(18-19)17-7-8-2-3-9(13)6-10(8)12(14,15)16/h2-6H,7H2,1H3,(H,17,18). The molecule has 3 nitrogen and oxygen atoms in total. The summed E-state index contributed by atoms with van der Waals surface area (Å²) in [6, 6.07) is 4.25. The zero-order chi connectivity index (χ0) is 14.0. The lowest BCUT2D eigenvalue weighted by atomic mass is 10.1. The van der Waals surface area contributed by atoms with Gasteiger partial charge in [-0.3, -0.25) is 4.68 Å². The summed E-state index contributed by atoms with van der Waals surface area (Å²) in [7, 11) is 1.70. The van der Waals surface area contributed by atoms with E-state index in [1.807, 2.05) is 0 Å². The van der Waals surface area contributed by atoms with E-state index in [9.17, 15) is 17.6 Å². The zero-order valence-electron chi connectivity index (χ0n) is 10.0. The number of nitrogens with zero attached hydrogens (tertiary/aromatic N) is 2. The van der Waals surface area contributed by atoms with Gasteiger partial charge in [0, 0.05) is 25.9 Å². The van der Waals surface area contributed by atoms with Crippen LogP contribution in [0, 0.1) is 5.82 Å². The third kappa shape index (κ3) is 3.24. The van der Waals surface area contributed by atoms with Gasteiger partial charge in [-0.2, -0.15) is 18.3 Å². The number of rotatable bonds is 3. The summed E-state index contributed by atoms with van der Waals surface area (Å²) in [4.78, 5) is 0. The molecular formula is C12H11F4N3. The van der Waals surface area contributed by atoms with Crippen LogP contribution in [-0.4, -0.2) is 9.78 Å². The van der Waals surface area contributed by atoms with E-state index < -0.39 is 17.6 Å². The second kappa shape index (κ2) is 4.91. The lowest BCUT2D eigenvalue weighted by molar-refractivity contribution is -0.138. The van der Waals surface area contributed by atoms with Crippen LogP contribution in [0.5, 0.6) is 0 Å². The molecule has 0 radical (unpaired) electrons. The fourth-order valence-electron chi connectivity index (χ4n) is 1.66. The second-order valence-corrected chi connectivity index (χ2v) is 4.03. The van der Waals surface area contributed by atoms with E-state index >= 15 is 0 Å². The van der Waals surface area contributed by atoms with Crippen molar-refractivity contribution in [3.05, 3.63) is 47.4 Å². The molecule has 19 heavy (non-hydrogen) atoms. The van der Waals surface area contributed by atoms with Crippen LogP contribution in [0.25, 0.3) is 0 Å². The van der Waals surface area contributed by atoms with Crippen molar-refractivity contribution in [2.45, 2.75) is 12.7 Å². The van der Waals surface area contributed by atoms with Crippen molar-refractivity contribution in [3.8, 4) is 0 Å². The predicted molar refractivity (Wildman–Crippen MR) is 61.9 cm³/mol. The van der Waals surface area contributed by atoms with Crippen LogP contribution in [0.4, 0.5) is 23.4 Å². The number of alkyl halides is 3. The molecule has 2 rings (SSSR count). The Labute approximate surface area is 106 Å². The average molecular weight is 273 g/mol. The van der Waals surface area contributed by atoms with Gasteiger partial charge >= 0.3 is 6.18 Å². The molecule has 0 aliphatic heterocycles. The van der Waals surface area contributed by atoms with Gasteiger partial charge in [0.1, 0.15) is 11.6 Å². The summed E-state index contributed by atoms with van der Waals surface area (Å²) in [6.07, 6.45) is -2.92. The largest absolute Gasteiger partial charge is 0.416 e. The maximum Gasteiger partial charge on any atom is 0.416 e. The zero-order valence-corrected chi connectivity index (χ0v) is 10.0. The summed E-state index contributed by atoms with van der Waals surface area (Å²) in [6.45, 7) is -0.0772. The Balaban J connectivity index is 2.20. The van der Waals surface area contributed by atoms with E-state index in [0.29, 0.717) is 11.9 Å². The molecule has 1 aromatic heterocycles. The summed E-state index contributed by atoms with van der Waals surface area (Å²) in [5.41, 5.74) is -1.00. The summed E-state index contributed by atoms with van der Waals surface area (Å²) >= 11 is 0. The first kappa shape index (κ1) is 13.4. The number of hydrogen-bond donors (Lipinski definition) is 1. The van der Waals surface area contributed by atoms with Gasteiger partial charge in [-0.1, -0.05) is 6.07 Å². The average Bonchev–Trinajstić information content (AvgIpc) is 2.72. The molecule has 0 unspecified atom stereocenters. The van der Waals surface area contributed by atoms with Gasteiger partial charge in [0.25, 0.3) is 0 Å². The number of nitrogens with one attached hydrogen (secondary N) is 1. The fraction of sp³-hybridized carbons (Fsp3) is 0.250. The van der Waals surface area contributed by atoms with Crippen molar-refractivity contribution >= 4 is 5.82 Å². The first-order valence-electron chi connectivity index (χ1n) is 5.45. The highest BCUT2D eigenvalue weighted by Crippen LogP contribution is 2.32. The summed E-state index contributed by atoms with van der Waals surface area (Å²) in [5.74, 6) is -0.450. The monoisotopic (exact) mass is 273 g/mol. The smallest absolute Gasteiger partial charge is 0.365 e. The van der Waals surface area contributed by atoms with E-state index in [1.165, 1.54) is 4.68 Å². The van der Waals surface area contributed by atoms with Gasteiger partial charge in [-0.25, -0.2) is 4.39 Å². The highest BCUT2D eigenvalue weighted by Gasteiger charge is 2.33. The molecule has 0 fully saturated rings. The molecule has 2 aromatic rings. The minimum atomic E-state index is -4.58. The molecule has 0 aliphatic carbocycles. The highest BCUT2D eigenvalue weighted by atomic mass is 19.4. The lowest BCUT2D eigenvalue weighted by Gasteiger charge is -2.13. The Bertz CT molecular complexity index is 575. The normalized spacial score (nSPS) is 11.6. The molecule has 7 heteroatoms. The Hall–Kier alpha value is -2.05. The first-order chi connectivity index (χ1) is 8.86. The molecule has 1 aromatic carbocycles. The minimum absolute atomic E-state index is 0.0282. The number of halogens is 4.